The van der Waals surface area contributed by atoms with Crippen LogP contribution in [-0.4, -0.2) is 76.6 Å². The van der Waals surface area contributed by atoms with Crippen LogP contribution in [0.3, 0.4) is 0 Å². The van der Waals surface area contributed by atoms with Crippen LogP contribution in [0.1, 0.15) is 26.3 Å². The molecule has 2 amide bonds. The molecule has 1 aromatic carbocycles. The number of hydrogen-bond acceptors (Lipinski definition) is 6. The minimum atomic E-state index is -1.86. The van der Waals surface area contributed by atoms with Crippen LogP contribution in [0.4, 0.5) is 4.79 Å². The summed E-state index contributed by atoms with van der Waals surface area (Å²) in [7, 11) is 4.60. The topological polar surface area (TPSA) is 109 Å². The smallest absolute Gasteiger partial charge is 0.437 e. The SMILES string of the molecule is COc1ccc(C[C@@]2(C3(O)C=CC(=O)C=C3)C(=O)N(C)/C(=N\C(=O)OC(C)(C)C)N2C)cc1. The van der Waals surface area contributed by atoms with Gasteiger partial charge < -0.3 is 19.5 Å². The summed E-state index contributed by atoms with van der Waals surface area (Å²) in [5.74, 6) is -0.127. The van der Waals surface area contributed by atoms with Crippen molar-refractivity contribution in [2.45, 2.75) is 43.9 Å². The maximum absolute atomic E-state index is 13.7. The Kier molecular flexibility index (Phi) is 6.21. The van der Waals surface area contributed by atoms with Crippen molar-refractivity contribution < 1.29 is 29.0 Å². The molecule has 0 unspecified atom stereocenters. The third kappa shape index (κ3) is 4.41. The minimum absolute atomic E-state index is 0.0230. The van der Waals surface area contributed by atoms with Crippen LogP contribution in [-0.2, 0) is 20.7 Å². The molecule has 3 rings (SSSR count). The van der Waals surface area contributed by atoms with E-state index in [4.69, 9.17) is 9.47 Å². The third-order valence-electron chi connectivity index (χ3n) is 5.70. The van der Waals surface area contributed by atoms with Gasteiger partial charge in [0.2, 0.25) is 5.96 Å². The molecule has 1 aromatic rings. The lowest BCUT2D eigenvalue weighted by atomic mass is 9.72. The number of rotatable bonds is 4. The van der Waals surface area contributed by atoms with Gasteiger partial charge in [-0.2, -0.15) is 0 Å². The fraction of sp³-hybridized carbons (Fsp3) is 0.417. The second-order valence-electron chi connectivity index (χ2n) is 9.09. The van der Waals surface area contributed by atoms with Crippen molar-refractivity contribution >= 4 is 23.7 Å². The maximum Gasteiger partial charge on any atom is 0.437 e. The van der Waals surface area contributed by atoms with Gasteiger partial charge in [0.1, 0.15) is 17.0 Å². The summed E-state index contributed by atoms with van der Waals surface area (Å²) in [4.78, 5) is 44.6. The van der Waals surface area contributed by atoms with Gasteiger partial charge in [0.15, 0.2) is 11.3 Å². The summed E-state index contributed by atoms with van der Waals surface area (Å²) < 4.78 is 10.5. The van der Waals surface area contributed by atoms with Crippen LogP contribution >= 0.6 is 0 Å². The summed E-state index contributed by atoms with van der Waals surface area (Å²) in [5, 5.41) is 11.7. The molecule has 176 valence electrons. The molecule has 0 bridgehead atoms. The highest BCUT2D eigenvalue weighted by atomic mass is 16.6. The van der Waals surface area contributed by atoms with E-state index in [2.05, 4.69) is 4.99 Å². The minimum Gasteiger partial charge on any atom is -0.497 e. The molecule has 1 N–H and O–H groups in total. The second kappa shape index (κ2) is 8.47. The van der Waals surface area contributed by atoms with Gasteiger partial charge in [0.05, 0.1) is 7.11 Å². The van der Waals surface area contributed by atoms with Crippen molar-refractivity contribution in [1.82, 2.24) is 9.80 Å². The molecule has 9 heteroatoms. The van der Waals surface area contributed by atoms with Gasteiger partial charge in [-0.3, -0.25) is 14.5 Å². The van der Waals surface area contributed by atoms with Crippen LogP contribution in [0.5, 0.6) is 5.75 Å². The Morgan fingerprint density at radius 1 is 1.09 bits per heavy atom. The molecule has 0 spiro atoms. The number of likely N-dealkylation sites (N-methyl/N-ethyl adjacent to an activating group) is 2. The van der Waals surface area contributed by atoms with Crippen LogP contribution in [0, 0.1) is 0 Å². The van der Waals surface area contributed by atoms with Crippen LogP contribution in [0.2, 0.25) is 0 Å². The molecule has 1 atom stereocenters. The van der Waals surface area contributed by atoms with Crippen LogP contribution in [0.15, 0.2) is 53.6 Å². The van der Waals surface area contributed by atoms with E-state index in [0.717, 1.165) is 5.56 Å². The number of aliphatic hydroxyl groups is 1. The number of hydrogen-bond donors (Lipinski definition) is 1. The third-order valence-corrected chi connectivity index (χ3v) is 5.70. The molecule has 1 heterocycles. The lowest BCUT2D eigenvalue weighted by molar-refractivity contribution is -0.140. The zero-order chi connectivity index (χ0) is 24.6. The predicted molar refractivity (Wildman–Crippen MR) is 122 cm³/mol. The number of nitrogens with zero attached hydrogens (tertiary/aromatic N) is 3. The van der Waals surface area contributed by atoms with Crippen LogP contribution in [0.25, 0.3) is 0 Å². The molecule has 1 aliphatic heterocycles. The van der Waals surface area contributed by atoms with E-state index in [-0.39, 0.29) is 18.2 Å². The molecule has 1 aliphatic carbocycles. The number of allylic oxidation sites excluding steroid dienone is 2. The van der Waals surface area contributed by atoms with E-state index in [9.17, 15) is 19.5 Å². The predicted octanol–water partition coefficient (Wildman–Crippen LogP) is 2.10. The second-order valence-corrected chi connectivity index (χ2v) is 9.09. The number of methoxy groups -OCH3 is 1. The Balaban J connectivity index is 2.12. The average Bonchev–Trinajstić information content (AvgIpc) is 2.92. The number of benzene rings is 1. The Morgan fingerprint density at radius 3 is 2.18 bits per heavy atom. The van der Waals surface area contributed by atoms with Crippen molar-refractivity contribution in [1.29, 1.82) is 0 Å². The van der Waals surface area contributed by atoms with Gasteiger partial charge in [-0.15, -0.1) is 4.99 Å². The maximum atomic E-state index is 13.7. The van der Waals surface area contributed by atoms with Gasteiger partial charge in [-0.1, -0.05) is 12.1 Å². The number of ether oxygens (including phenoxy) is 2. The standard InChI is InChI=1S/C24H29N3O6/c1-22(2,3)33-21(30)25-20-26(4)19(29)24(27(20)5,23(31)13-11-17(28)12-14-23)15-16-7-9-18(32-6)10-8-16/h7-14,31H,15H2,1-6H3/b25-20+/t24-/m0/s1. The first kappa shape index (κ1) is 24.2. The molecular formula is C24H29N3O6. The van der Waals surface area contributed by atoms with Gasteiger partial charge >= 0.3 is 6.09 Å². The molecular weight excluding hydrogens is 426 g/mol. The van der Waals surface area contributed by atoms with E-state index < -0.39 is 28.7 Å². The summed E-state index contributed by atoms with van der Waals surface area (Å²) in [6.45, 7) is 5.14. The zero-order valence-corrected chi connectivity index (χ0v) is 19.7. The largest absolute Gasteiger partial charge is 0.497 e. The number of carbonyl (C=O) groups excluding carboxylic acids is 3. The van der Waals surface area contributed by atoms with Crippen LogP contribution < -0.4 is 4.74 Å². The van der Waals surface area contributed by atoms with Crippen molar-refractivity contribution in [2.75, 3.05) is 21.2 Å². The first-order valence-corrected chi connectivity index (χ1v) is 10.4. The molecule has 0 radical (unpaired) electrons. The van der Waals surface area contributed by atoms with E-state index in [1.807, 2.05) is 0 Å². The quantitative estimate of drug-likeness (QED) is 0.741. The Bertz CT molecular complexity index is 1030. The number of guanidine groups is 1. The van der Waals surface area contributed by atoms with Gasteiger partial charge in [-0.05, 0) is 62.8 Å². The molecule has 1 fully saturated rings. The van der Waals surface area contributed by atoms with Gasteiger partial charge in [0.25, 0.3) is 5.91 Å². The molecule has 33 heavy (non-hydrogen) atoms. The molecule has 0 aromatic heterocycles. The molecule has 1 saturated heterocycles. The number of aliphatic imine (C=N–C) groups is 1. The van der Waals surface area contributed by atoms with Crippen molar-refractivity contribution in [3.63, 3.8) is 0 Å². The summed E-state index contributed by atoms with van der Waals surface area (Å²) >= 11 is 0. The van der Waals surface area contributed by atoms with E-state index in [1.165, 1.54) is 41.2 Å². The lowest BCUT2D eigenvalue weighted by Gasteiger charge is -2.44. The highest BCUT2D eigenvalue weighted by Crippen LogP contribution is 2.41. The Labute approximate surface area is 193 Å². The highest BCUT2D eigenvalue weighted by Gasteiger charge is 2.63. The Hall–Kier alpha value is -3.46. The molecule has 2 aliphatic rings. The van der Waals surface area contributed by atoms with Crippen molar-refractivity contribution in [2.24, 2.45) is 4.99 Å². The van der Waals surface area contributed by atoms with E-state index in [0.29, 0.717) is 5.75 Å². The fourth-order valence-electron chi connectivity index (χ4n) is 4.04. The highest BCUT2D eigenvalue weighted by molar-refractivity contribution is 6.12. The number of amides is 2. The zero-order valence-electron chi connectivity index (χ0n) is 19.7. The molecule has 0 saturated carbocycles. The fourth-order valence-corrected chi connectivity index (χ4v) is 4.04. The monoisotopic (exact) mass is 455 g/mol. The van der Waals surface area contributed by atoms with Gasteiger partial charge in [-0.25, -0.2) is 4.79 Å². The first-order chi connectivity index (χ1) is 15.3. The van der Waals surface area contributed by atoms with Crippen molar-refractivity contribution in [3.8, 4) is 5.75 Å². The normalized spacial score (nSPS) is 23.4. The first-order valence-electron chi connectivity index (χ1n) is 10.4. The van der Waals surface area contributed by atoms with Crippen molar-refractivity contribution in [3.05, 3.63) is 54.1 Å². The molecule has 9 nitrogen and oxygen atoms in total. The summed E-state index contributed by atoms with van der Waals surface area (Å²) in [6, 6.07) is 7.08. The number of carbonyl (C=O) groups is 3. The Morgan fingerprint density at radius 2 is 1.67 bits per heavy atom. The van der Waals surface area contributed by atoms with E-state index >= 15 is 0 Å². The summed E-state index contributed by atoms with van der Waals surface area (Å²) in [5.41, 5.74) is -3.51. The lowest BCUT2D eigenvalue weighted by Crippen LogP contribution is -2.65. The number of ketones is 1. The summed E-state index contributed by atoms with van der Waals surface area (Å²) in [6.07, 6.45) is 4.25. The average molecular weight is 456 g/mol. The van der Waals surface area contributed by atoms with E-state index in [1.54, 1.807) is 59.2 Å². The van der Waals surface area contributed by atoms with Gasteiger partial charge in [0, 0.05) is 20.5 Å².